The van der Waals surface area contributed by atoms with E-state index in [1.165, 1.54) is 11.1 Å². The third-order valence-corrected chi connectivity index (χ3v) is 6.67. The van der Waals surface area contributed by atoms with Crippen molar-refractivity contribution in [2.75, 3.05) is 19.1 Å². The van der Waals surface area contributed by atoms with Crippen LogP contribution in [0.15, 0.2) is 47.9 Å². The summed E-state index contributed by atoms with van der Waals surface area (Å²) in [4.78, 5) is 33.1. The van der Waals surface area contributed by atoms with E-state index in [9.17, 15) is 9.59 Å². The molecule has 0 radical (unpaired) electrons. The number of Topliss-reactive ketones (excluding diaryl/α,β-unsaturated/α-hetero) is 1. The Bertz CT molecular complexity index is 1110. The fraction of sp³-hybridized carbons (Fsp3) is 0.375. The van der Waals surface area contributed by atoms with Crippen LogP contribution in [0.2, 0.25) is 5.02 Å². The molecule has 0 saturated heterocycles. The number of pyridine rings is 1. The number of ketones is 1. The first-order valence-electron chi connectivity index (χ1n) is 10.7. The Labute approximate surface area is 190 Å². The molecule has 1 saturated carbocycles. The second-order valence-corrected chi connectivity index (χ2v) is 8.62. The number of ether oxygens (including phenoxy) is 3. The van der Waals surface area contributed by atoms with E-state index in [1.54, 1.807) is 38.5 Å². The van der Waals surface area contributed by atoms with Crippen LogP contribution < -0.4 is 14.4 Å². The number of halogens is 1. The monoisotopic (exact) mass is 454 g/mol. The molecule has 3 atom stereocenters. The first kappa shape index (κ1) is 20.8. The van der Waals surface area contributed by atoms with Gasteiger partial charge in [0.1, 0.15) is 11.9 Å². The molecule has 3 aliphatic rings. The van der Waals surface area contributed by atoms with Crippen molar-refractivity contribution in [3.63, 3.8) is 0 Å². The van der Waals surface area contributed by atoms with Gasteiger partial charge in [-0.1, -0.05) is 24.1 Å². The lowest BCUT2D eigenvalue weighted by Gasteiger charge is -2.35. The summed E-state index contributed by atoms with van der Waals surface area (Å²) in [6, 6.07) is 8.05. The molecule has 0 spiro atoms. The van der Waals surface area contributed by atoms with Gasteiger partial charge in [0.25, 0.3) is 5.91 Å². The van der Waals surface area contributed by atoms with Gasteiger partial charge in [-0.05, 0) is 49.1 Å². The van der Waals surface area contributed by atoms with E-state index in [2.05, 4.69) is 4.98 Å². The smallest absolute Gasteiger partial charge is 0.295 e. The molecule has 2 aliphatic heterocycles. The summed E-state index contributed by atoms with van der Waals surface area (Å²) in [5.74, 6) is 0.992. The molecule has 7 nitrogen and oxygen atoms in total. The average molecular weight is 455 g/mol. The van der Waals surface area contributed by atoms with Crippen LogP contribution in [0.4, 0.5) is 5.82 Å². The summed E-state index contributed by atoms with van der Waals surface area (Å²) in [6.45, 7) is 0. The molecular formula is C24H23ClN2O5. The van der Waals surface area contributed by atoms with Gasteiger partial charge < -0.3 is 14.2 Å². The minimum Gasteiger partial charge on any atom is -0.493 e. The first-order chi connectivity index (χ1) is 15.5. The van der Waals surface area contributed by atoms with E-state index in [-0.39, 0.29) is 29.5 Å². The van der Waals surface area contributed by atoms with Gasteiger partial charge in [-0.2, -0.15) is 0 Å². The van der Waals surface area contributed by atoms with Crippen molar-refractivity contribution in [3.05, 3.63) is 58.4 Å². The van der Waals surface area contributed by atoms with Crippen molar-refractivity contribution in [3.8, 4) is 11.5 Å². The van der Waals surface area contributed by atoms with E-state index >= 15 is 0 Å². The SMILES string of the molecule is COc1ccc(C2C3=C(OC4CCCCC4C3=O)C(=O)N2c2ccc(Cl)cn2)cc1OC. The van der Waals surface area contributed by atoms with E-state index in [1.807, 2.05) is 6.07 Å². The highest BCUT2D eigenvalue weighted by Crippen LogP contribution is 2.48. The molecule has 8 heteroatoms. The Morgan fingerprint density at radius 2 is 1.84 bits per heavy atom. The van der Waals surface area contributed by atoms with Gasteiger partial charge in [-0.25, -0.2) is 4.98 Å². The zero-order chi connectivity index (χ0) is 22.4. The summed E-state index contributed by atoms with van der Waals surface area (Å²) in [5.41, 5.74) is 1.10. The Morgan fingerprint density at radius 1 is 1.06 bits per heavy atom. The number of carbonyl (C=O) groups excluding carboxylic acids is 2. The molecule has 2 aromatic rings. The van der Waals surface area contributed by atoms with Crippen molar-refractivity contribution < 1.29 is 23.8 Å². The molecule has 166 valence electrons. The van der Waals surface area contributed by atoms with E-state index in [0.29, 0.717) is 33.5 Å². The average Bonchev–Trinajstić information content (AvgIpc) is 3.12. The van der Waals surface area contributed by atoms with Crippen LogP contribution in [-0.2, 0) is 14.3 Å². The van der Waals surface area contributed by atoms with Crippen molar-refractivity contribution in [1.29, 1.82) is 0 Å². The van der Waals surface area contributed by atoms with Crippen LogP contribution in [0.3, 0.4) is 0 Å². The zero-order valence-corrected chi connectivity index (χ0v) is 18.6. The highest BCUT2D eigenvalue weighted by atomic mass is 35.5. The third kappa shape index (κ3) is 3.23. The van der Waals surface area contributed by atoms with Crippen LogP contribution in [0, 0.1) is 5.92 Å². The Kier molecular flexibility index (Phi) is 5.29. The van der Waals surface area contributed by atoms with Gasteiger partial charge in [0, 0.05) is 6.20 Å². The predicted octanol–water partition coefficient (Wildman–Crippen LogP) is 4.25. The molecule has 1 aliphatic carbocycles. The van der Waals surface area contributed by atoms with Gasteiger partial charge in [0.15, 0.2) is 23.0 Å². The number of hydrogen-bond acceptors (Lipinski definition) is 6. The Hall–Kier alpha value is -3.06. The molecule has 1 aromatic carbocycles. The lowest BCUT2D eigenvalue weighted by Crippen LogP contribution is -2.39. The number of methoxy groups -OCH3 is 2. The van der Waals surface area contributed by atoms with Crippen LogP contribution in [0.25, 0.3) is 0 Å². The number of fused-ring (bicyclic) bond motifs is 1. The van der Waals surface area contributed by atoms with Crippen LogP contribution in [0.5, 0.6) is 11.5 Å². The maximum atomic E-state index is 13.7. The molecule has 1 aromatic heterocycles. The largest absolute Gasteiger partial charge is 0.493 e. The number of nitrogens with zero attached hydrogens (tertiary/aromatic N) is 2. The number of aromatic nitrogens is 1. The number of carbonyl (C=O) groups is 2. The fourth-order valence-electron chi connectivity index (χ4n) is 4.93. The first-order valence-corrected chi connectivity index (χ1v) is 11.0. The Morgan fingerprint density at radius 3 is 2.56 bits per heavy atom. The zero-order valence-electron chi connectivity index (χ0n) is 17.8. The molecule has 0 bridgehead atoms. The predicted molar refractivity (Wildman–Crippen MR) is 118 cm³/mol. The molecule has 3 unspecified atom stereocenters. The van der Waals surface area contributed by atoms with E-state index < -0.39 is 6.04 Å². The molecule has 0 N–H and O–H groups in total. The summed E-state index contributed by atoms with van der Waals surface area (Å²) in [7, 11) is 3.11. The molecule has 1 amide bonds. The summed E-state index contributed by atoms with van der Waals surface area (Å²) < 4.78 is 17.0. The number of anilines is 1. The van der Waals surface area contributed by atoms with Gasteiger partial charge >= 0.3 is 0 Å². The van der Waals surface area contributed by atoms with Crippen LogP contribution in [-0.4, -0.2) is 37.0 Å². The molecular weight excluding hydrogens is 432 g/mol. The van der Waals surface area contributed by atoms with E-state index in [0.717, 1.165) is 25.7 Å². The van der Waals surface area contributed by atoms with E-state index in [4.69, 9.17) is 25.8 Å². The summed E-state index contributed by atoms with van der Waals surface area (Å²) in [6.07, 6.45) is 4.76. The van der Waals surface area contributed by atoms with Gasteiger partial charge in [0.05, 0.1) is 36.8 Å². The quantitative estimate of drug-likeness (QED) is 0.687. The standard InChI is InChI=1S/C24H23ClN2O5/c1-30-17-9-7-13(11-18(17)31-2)21-20-22(28)15-5-3-4-6-16(15)32-23(20)24(29)27(21)19-10-8-14(25)12-26-19/h7-12,15-16,21H,3-6H2,1-2H3. The summed E-state index contributed by atoms with van der Waals surface area (Å²) >= 11 is 6.02. The third-order valence-electron chi connectivity index (χ3n) is 6.45. The maximum absolute atomic E-state index is 13.7. The van der Waals surface area contributed by atoms with Gasteiger partial charge in [-0.3, -0.25) is 14.5 Å². The normalized spacial score (nSPS) is 24.7. The fourth-order valence-corrected chi connectivity index (χ4v) is 5.04. The van der Waals surface area contributed by atoms with Gasteiger partial charge in [-0.15, -0.1) is 0 Å². The minimum atomic E-state index is -0.679. The van der Waals surface area contributed by atoms with Crippen LogP contribution in [0.1, 0.15) is 37.3 Å². The number of benzene rings is 1. The second-order valence-electron chi connectivity index (χ2n) is 8.18. The maximum Gasteiger partial charge on any atom is 0.295 e. The van der Waals surface area contributed by atoms with Crippen molar-refractivity contribution in [2.45, 2.75) is 37.8 Å². The Balaban J connectivity index is 1.66. The minimum absolute atomic E-state index is 0.0134. The number of hydrogen-bond donors (Lipinski definition) is 0. The molecule has 32 heavy (non-hydrogen) atoms. The van der Waals surface area contributed by atoms with Gasteiger partial charge in [0.2, 0.25) is 0 Å². The van der Waals surface area contributed by atoms with Crippen molar-refractivity contribution in [1.82, 2.24) is 4.98 Å². The van der Waals surface area contributed by atoms with Crippen LogP contribution >= 0.6 is 11.6 Å². The van der Waals surface area contributed by atoms with Crippen molar-refractivity contribution in [2.24, 2.45) is 5.92 Å². The lowest BCUT2D eigenvalue weighted by atomic mass is 9.77. The molecule has 3 heterocycles. The number of amides is 1. The summed E-state index contributed by atoms with van der Waals surface area (Å²) in [5, 5.41) is 0.458. The second kappa shape index (κ2) is 8.13. The molecule has 5 rings (SSSR count). The lowest BCUT2D eigenvalue weighted by molar-refractivity contribution is -0.131. The number of rotatable bonds is 4. The van der Waals surface area contributed by atoms with Crippen molar-refractivity contribution >= 4 is 29.1 Å². The highest BCUT2D eigenvalue weighted by molar-refractivity contribution is 6.30. The highest BCUT2D eigenvalue weighted by Gasteiger charge is 2.52. The topological polar surface area (TPSA) is 78.0 Å². The molecule has 1 fully saturated rings.